The number of sulfonamides is 1. The quantitative estimate of drug-likeness (QED) is 0.719. The van der Waals surface area contributed by atoms with Gasteiger partial charge in [-0.2, -0.15) is 0 Å². The fourth-order valence-corrected chi connectivity index (χ4v) is 5.70. The number of halogens is 1. The first-order valence-electron chi connectivity index (χ1n) is 6.81. The van der Waals surface area contributed by atoms with E-state index in [4.69, 9.17) is 0 Å². The standard InChI is InChI=1S/C13H14BrN3O3S/c14-9-3-10-6(2-12(18)16-10)1-11(9)21(19,20)17-13-7-4-15-5-8(7)13/h1,3,7-8,13,15,17H,2,4-5H2,(H,16,18). The number of anilines is 1. The molecule has 0 spiro atoms. The van der Waals surface area contributed by atoms with Crippen LogP contribution in [0.2, 0.25) is 0 Å². The van der Waals surface area contributed by atoms with Crippen molar-refractivity contribution in [1.82, 2.24) is 10.0 Å². The SMILES string of the molecule is O=C1Cc2cc(S(=O)(=O)NC3C4CNCC43)c(Br)cc2N1. The van der Waals surface area contributed by atoms with E-state index in [0.29, 0.717) is 22.0 Å². The van der Waals surface area contributed by atoms with Crippen LogP contribution in [0.1, 0.15) is 5.56 Å². The van der Waals surface area contributed by atoms with Gasteiger partial charge in [-0.1, -0.05) is 0 Å². The molecule has 112 valence electrons. The molecule has 2 fully saturated rings. The maximum atomic E-state index is 12.5. The number of piperidine rings is 1. The summed E-state index contributed by atoms with van der Waals surface area (Å²) in [5, 5.41) is 5.95. The van der Waals surface area contributed by atoms with E-state index >= 15 is 0 Å². The van der Waals surface area contributed by atoms with Crippen LogP contribution in [0.15, 0.2) is 21.5 Å². The number of hydrogen-bond donors (Lipinski definition) is 3. The first kappa shape index (κ1) is 13.7. The maximum absolute atomic E-state index is 12.5. The summed E-state index contributed by atoms with van der Waals surface area (Å²) in [6.07, 6.45) is 0.226. The average molecular weight is 372 g/mol. The average Bonchev–Trinajstić information content (AvgIpc) is 2.80. The predicted molar refractivity (Wildman–Crippen MR) is 80.4 cm³/mol. The van der Waals surface area contributed by atoms with Gasteiger partial charge in [0.05, 0.1) is 11.3 Å². The molecule has 1 aromatic carbocycles. The third-order valence-corrected chi connectivity index (χ3v) is 6.87. The zero-order valence-corrected chi connectivity index (χ0v) is 13.4. The van der Waals surface area contributed by atoms with E-state index in [0.717, 1.165) is 18.7 Å². The van der Waals surface area contributed by atoms with Crippen LogP contribution < -0.4 is 15.4 Å². The number of carbonyl (C=O) groups excluding carboxylic acids is 1. The van der Waals surface area contributed by atoms with Gasteiger partial charge in [-0.25, -0.2) is 13.1 Å². The van der Waals surface area contributed by atoms with Crippen LogP contribution in [0.5, 0.6) is 0 Å². The Hall–Kier alpha value is -0.960. The molecule has 3 aliphatic rings. The van der Waals surface area contributed by atoms with Crippen LogP contribution in [-0.4, -0.2) is 33.5 Å². The topological polar surface area (TPSA) is 87.3 Å². The van der Waals surface area contributed by atoms with Crippen molar-refractivity contribution in [2.75, 3.05) is 18.4 Å². The monoisotopic (exact) mass is 371 g/mol. The number of benzene rings is 1. The number of fused-ring (bicyclic) bond motifs is 2. The van der Waals surface area contributed by atoms with Gasteiger partial charge in [0.25, 0.3) is 0 Å². The molecule has 2 aliphatic heterocycles. The van der Waals surface area contributed by atoms with E-state index < -0.39 is 10.0 Å². The van der Waals surface area contributed by atoms with E-state index in [9.17, 15) is 13.2 Å². The highest BCUT2D eigenvalue weighted by molar-refractivity contribution is 9.10. The molecule has 8 heteroatoms. The zero-order valence-electron chi connectivity index (χ0n) is 11.0. The van der Waals surface area contributed by atoms with Crippen molar-refractivity contribution < 1.29 is 13.2 Å². The molecule has 1 aromatic rings. The zero-order chi connectivity index (χ0) is 14.8. The van der Waals surface area contributed by atoms with E-state index in [1.165, 1.54) is 0 Å². The second-order valence-corrected chi connectivity index (χ2v) is 8.33. The minimum absolute atomic E-state index is 0.0381. The van der Waals surface area contributed by atoms with Gasteiger partial charge in [-0.3, -0.25) is 4.79 Å². The summed E-state index contributed by atoms with van der Waals surface area (Å²) in [5.74, 6) is 0.717. The number of amides is 1. The lowest BCUT2D eigenvalue weighted by molar-refractivity contribution is -0.115. The number of carbonyl (C=O) groups is 1. The van der Waals surface area contributed by atoms with Crippen LogP contribution in [0.3, 0.4) is 0 Å². The Kier molecular flexibility index (Phi) is 2.94. The van der Waals surface area contributed by atoms with Crippen LogP contribution in [0.4, 0.5) is 5.69 Å². The molecule has 0 aromatic heterocycles. The molecule has 2 unspecified atom stereocenters. The second-order valence-electron chi connectivity index (χ2n) is 5.80. The van der Waals surface area contributed by atoms with Gasteiger partial charge < -0.3 is 10.6 Å². The lowest BCUT2D eigenvalue weighted by atomic mass is 10.2. The van der Waals surface area contributed by atoms with Crippen molar-refractivity contribution in [2.45, 2.75) is 17.4 Å². The third kappa shape index (κ3) is 2.21. The molecule has 1 amide bonds. The van der Waals surface area contributed by atoms with Crippen molar-refractivity contribution in [1.29, 1.82) is 0 Å². The molecule has 1 saturated carbocycles. The molecule has 6 nitrogen and oxygen atoms in total. The van der Waals surface area contributed by atoms with E-state index in [1.54, 1.807) is 12.1 Å². The van der Waals surface area contributed by atoms with Gasteiger partial charge in [0.15, 0.2) is 0 Å². The molecule has 21 heavy (non-hydrogen) atoms. The lowest BCUT2D eigenvalue weighted by Crippen LogP contribution is -2.32. The molecule has 2 atom stereocenters. The van der Waals surface area contributed by atoms with E-state index in [-0.39, 0.29) is 23.3 Å². The maximum Gasteiger partial charge on any atom is 0.241 e. The van der Waals surface area contributed by atoms with Crippen LogP contribution in [0, 0.1) is 11.8 Å². The second kappa shape index (κ2) is 4.52. The van der Waals surface area contributed by atoms with E-state index in [2.05, 4.69) is 31.3 Å². The molecule has 4 rings (SSSR count). The van der Waals surface area contributed by atoms with Crippen molar-refractivity contribution in [3.63, 3.8) is 0 Å². The molecule has 1 saturated heterocycles. The van der Waals surface area contributed by atoms with Crippen molar-refractivity contribution in [3.05, 3.63) is 22.2 Å². The summed E-state index contributed by atoms with van der Waals surface area (Å²) in [5.41, 5.74) is 1.40. The Morgan fingerprint density at radius 2 is 1.95 bits per heavy atom. The lowest BCUT2D eigenvalue weighted by Gasteiger charge is -2.11. The first-order valence-corrected chi connectivity index (χ1v) is 9.08. The highest BCUT2D eigenvalue weighted by Gasteiger charge is 2.54. The van der Waals surface area contributed by atoms with Crippen LogP contribution >= 0.6 is 15.9 Å². The van der Waals surface area contributed by atoms with Crippen molar-refractivity contribution in [3.8, 4) is 0 Å². The Bertz CT molecular complexity index is 739. The molecule has 0 bridgehead atoms. The van der Waals surface area contributed by atoms with Gasteiger partial charge in [0.2, 0.25) is 15.9 Å². The van der Waals surface area contributed by atoms with Gasteiger partial charge in [0, 0.05) is 16.2 Å². The van der Waals surface area contributed by atoms with Gasteiger partial charge in [-0.05, 0) is 58.6 Å². The van der Waals surface area contributed by atoms with Crippen LogP contribution in [0.25, 0.3) is 0 Å². The summed E-state index contributed by atoms with van der Waals surface area (Å²) < 4.78 is 28.4. The summed E-state index contributed by atoms with van der Waals surface area (Å²) in [6.45, 7) is 1.75. The van der Waals surface area contributed by atoms with Gasteiger partial charge in [0.1, 0.15) is 0 Å². The minimum Gasteiger partial charge on any atom is -0.325 e. The fraction of sp³-hybridized carbons (Fsp3) is 0.462. The number of hydrogen-bond acceptors (Lipinski definition) is 4. The number of nitrogens with one attached hydrogen (secondary N) is 3. The normalized spacial score (nSPS) is 30.0. The molecule has 1 aliphatic carbocycles. The largest absolute Gasteiger partial charge is 0.325 e. The Morgan fingerprint density at radius 3 is 2.67 bits per heavy atom. The summed E-state index contributed by atoms with van der Waals surface area (Å²) in [6, 6.07) is 3.27. The van der Waals surface area contributed by atoms with Crippen LogP contribution in [-0.2, 0) is 21.2 Å². The molecular formula is C13H14BrN3O3S. The summed E-state index contributed by atoms with van der Waals surface area (Å²) in [7, 11) is -3.57. The Labute approximate surface area is 130 Å². The van der Waals surface area contributed by atoms with Gasteiger partial charge >= 0.3 is 0 Å². The Morgan fingerprint density at radius 1 is 1.24 bits per heavy atom. The van der Waals surface area contributed by atoms with Gasteiger partial charge in [-0.15, -0.1) is 0 Å². The predicted octanol–water partition coefficient (Wildman–Crippen LogP) is 0.440. The van der Waals surface area contributed by atoms with Crippen molar-refractivity contribution in [2.24, 2.45) is 11.8 Å². The molecular weight excluding hydrogens is 358 g/mol. The molecule has 3 N–H and O–H groups in total. The third-order valence-electron chi connectivity index (χ3n) is 4.46. The number of rotatable bonds is 3. The molecule has 0 radical (unpaired) electrons. The molecule has 2 heterocycles. The summed E-state index contributed by atoms with van der Waals surface area (Å²) >= 11 is 3.29. The van der Waals surface area contributed by atoms with E-state index in [1.807, 2.05) is 0 Å². The minimum atomic E-state index is -3.57. The smallest absolute Gasteiger partial charge is 0.241 e. The van der Waals surface area contributed by atoms with Crippen molar-refractivity contribution >= 4 is 37.5 Å². The first-order chi connectivity index (χ1) is 9.95. The highest BCUT2D eigenvalue weighted by Crippen LogP contribution is 2.43. The Balaban J connectivity index is 1.63. The fourth-order valence-electron chi connectivity index (χ4n) is 3.27. The summed E-state index contributed by atoms with van der Waals surface area (Å²) in [4.78, 5) is 11.6. The highest BCUT2D eigenvalue weighted by atomic mass is 79.9.